The third kappa shape index (κ3) is 2.29. The molecule has 0 aromatic carbocycles. The predicted octanol–water partition coefficient (Wildman–Crippen LogP) is 3.52. The van der Waals surface area contributed by atoms with Crippen LogP contribution in [0, 0.1) is 11.3 Å². The minimum Gasteiger partial charge on any atom is -0.432 e. The number of esters is 1. The van der Waals surface area contributed by atoms with Crippen LogP contribution >= 0.6 is 15.9 Å². The summed E-state index contributed by atoms with van der Waals surface area (Å²) in [6, 6.07) is 0. The van der Waals surface area contributed by atoms with Gasteiger partial charge in [0, 0.05) is 11.8 Å². The Balaban J connectivity index is 1.85. The molecule has 0 spiro atoms. The summed E-state index contributed by atoms with van der Waals surface area (Å²) < 4.78 is 53.2. The largest absolute Gasteiger partial charge is 0.522 e. The summed E-state index contributed by atoms with van der Waals surface area (Å²) in [5.74, 6) is -1.36. The SMILES string of the molecule is CC[C@@]12OC(=O)C[C@]1(C)[C@H]1CC[C@H](OC(F)(F)F)[C@@H](Br)[C@H]1O2. The second-order valence-electron chi connectivity index (χ2n) is 6.49. The Hall–Kier alpha value is -0.340. The summed E-state index contributed by atoms with van der Waals surface area (Å²) in [6.07, 6.45) is -4.62. The average molecular weight is 387 g/mol. The van der Waals surface area contributed by atoms with Gasteiger partial charge in [-0.05, 0) is 18.8 Å². The molecule has 1 aliphatic carbocycles. The monoisotopic (exact) mass is 386 g/mol. The van der Waals surface area contributed by atoms with Gasteiger partial charge in [0.1, 0.15) is 0 Å². The minimum atomic E-state index is -4.67. The molecule has 22 heavy (non-hydrogen) atoms. The van der Waals surface area contributed by atoms with Crippen molar-refractivity contribution in [3.8, 4) is 0 Å². The van der Waals surface area contributed by atoms with Crippen molar-refractivity contribution in [2.24, 2.45) is 11.3 Å². The van der Waals surface area contributed by atoms with Crippen molar-refractivity contribution >= 4 is 21.9 Å². The summed E-state index contributed by atoms with van der Waals surface area (Å²) in [4.78, 5) is 11.2. The lowest BCUT2D eigenvalue weighted by Crippen LogP contribution is -2.47. The van der Waals surface area contributed by atoms with E-state index in [4.69, 9.17) is 9.47 Å². The van der Waals surface area contributed by atoms with Crippen LogP contribution in [0.3, 0.4) is 0 Å². The zero-order chi connectivity index (χ0) is 16.3. The number of hydrogen-bond donors (Lipinski definition) is 0. The summed E-state index contributed by atoms with van der Waals surface area (Å²) in [6.45, 7) is 3.80. The molecule has 2 saturated heterocycles. The van der Waals surface area contributed by atoms with Gasteiger partial charge in [0.05, 0.1) is 23.5 Å². The van der Waals surface area contributed by atoms with Crippen LogP contribution in [0.5, 0.6) is 0 Å². The van der Waals surface area contributed by atoms with Gasteiger partial charge in [0.2, 0.25) is 5.79 Å². The van der Waals surface area contributed by atoms with Gasteiger partial charge >= 0.3 is 12.3 Å². The molecular weight excluding hydrogens is 369 g/mol. The van der Waals surface area contributed by atoms with E-state index in [1.165, 1.54) is 0 Å². The van der Waals surface area contributed by atoms with Crippen LogP contribution in [0.15, 0.2) is 0 Å². The van der Waals surface area contributed by atoms with Gasteiger partial charge < -0.3 is 9.47 Å². The van der Waals surface area contributed by atoms with Crippen LogP contribution < -0.4 is 0 Å². The van der Waals surface area contributed by atoms with Crippen LogP contribution in [0.25, 0.3) is 0 Å². The first-order valence-electron chi connectivity index (χ1n) is 7.40. The van der Waals surface area contributed by atoms with E-state index in [2.05, 4.69) is 20.7 Å². The van der Waals surface area contributed by atoms with E-state index >= 15 is 0 Å². The van der Waals surface area contributed by atoms with Crippen molar-refractivity contribution in [2.45, 2.75) is 68.7 Å². The van der Waals surface area contributed by atoms with Crippen molar-refractivity contribution in [3.63, 3.8) is 0 Å². The minimum absolute atomic E-state index is 0.0311. The molecule has 0 radical (unpaired) electrons. The molecule has 3 aliphatic rings. The highest BCUT2D eigenvalue weighted by molar-refractivity contribution is 9.09. The Labute approximate surface area is 134 Å². The van der Waals surface area contributed by atoms with Gasteiger partial charge in [-0.25, -0.2) is 0 Å². The lowest BCUT2D eigenvalue weighted by molar-refractivity contribution is -0.347. The smallest absolute Gasteiger partial charge is 0.432 e. The Kier molecular flexibility index (Phi) is 3.81. The second-order valence-corrected chi connectivity index (χ2v) is 7.54. The van der Waals surface area contributed by atoms with Crippen LogP contribution in [0.2, 0.25) is 0 Å². The molecule has 0 bridgehead atoms. The summed E-state index contributed by atoms with van der Waals surface area (Å²) in [5.41, 5.74) is -0.501. The summed E-state index contributed by atoms with van der Waals surface area (Å²) in [5, 5.41) is 0. The van der Waals surface area contributed by atoms with Crippen LogP contribution in [0.4, 0.5) is 13.2 Å². The number of carbonyl (C=O) groups excluding carboxylic acids is 1. The Morgan fingerprint density at radius 1 is 1.41 bits per heavy atom. The molecule has 0 aromatic heterocycles. The lowest BCUT2D eigenvalue weighted by atomic mass is 9.65. The maximum atomic E-state index is 12.5. The molecule has 6 atom stereocenters. The Morgan fingerprint density at radius 2 is 2.09 bits per heavy atom. The van der Waals surface area contributed by atoms with Gasteiger partial charge in [-0.2, -0.15) is 0 Å². The molecule has 3 rings (SSSR count). The molecule has 0 N–H and O–H groups in total. The molecule has 0 unspecified atom stereocenters. The standard InChI is InChI=1S/C14H18BrF3O4/c1-3-13-12(2,6-9(19)21-13)7-4-5-8(20-14(16,17)18)10(15)11(7)22-13/h7-8,10-11H,3-6H2,1-2H3/t7-,8-,10+,11-,12+,13-/m0/s1. The first-order valence-corrected chi connectivity index (χ1v) is 8.32. The third-order valence-corrected chi connectivity index (χ3v) is 6.49. The van der Waals surface area contributed by atoms with Gasteiger partial charge in [-0.1, -0.05) is 29.8 Å². The molecular formula is C14H18BrF3O4. The first kappa shape index (κ1) is 16.5. The highest BCUT2D eigenvalue weighted by Gasteiger charge is 2.71. The fraction of sp³-hybridized carbons (Fsp3) is 0.929. The number of rotatable bonds is 2. The predicted molar refractivity (Wildman–Crippen MR) is 73.1 cm³/mol. The molecule has 3 fully saturated rings. The molecule has 1 saturated carbocycles. The fourth-order valence-corrected chi connectivity index (χ4v) is 5.20. The van der Waals surface area contributed by atoms with Crippen LogP contribution in [0.1, 0.15) is 39.5 Å². The number of halogens is 4. The molecule has 8 heteroatoms. The molecule has 2 aliphatic heterocycles. The first-order chi connectivity index (χ1) is 10.1. The van der Waals surface area contributed by atoms with E-state index < -0.39 is 34.6 Å². The van der Waals surface area contributed by atoms with Crippen molar-refractivity contribution in [2.75, 3.05) is 0 Å². The average Bonchev–Trinajstić information content (AvgIpc) is 2.77. The zero-order valence-electron chi connectivity index (χ0n) is 12.3. The van der Waals surface area contributed by atoms with E-state index in [1.54, 1.807) is 0 Å². The molecule has 0 aromatic rings. The lowest BCUT2D eigenvalue weighted by Gasteiger charge is -2.39. The zero-order valence-corrected chi connectivity index (χ0v) is 13.9. The molecule has 2 heterocycles. The van der Waals surface area contributed by atoms with Gasteiger partial charge in [0.15, 0.2) is 0 Å². The molecule has 126 valence electrons. The normalized spacial score (nSPS) is 48.0. The topological polar surface area (TPSA) is 44.8 Å². The Bertz CT molecular complexity index is 485. The molecule has 4 nitrogen and oxygen atoms in total. The quantitative estimate of drug-likeness (QED) is 0.537. The Morgan fingerprint density at radius 3 is 2.68 bits per heavy atom. The maximum Gasteiger partial charge on any atom is 0.522 e. The van der Waals surface area contributed by atoms with Crippen molar-refractivity contribution < 1.29 is 32.2 Å². The fourth-order valence-electron chi connectivity index (χ4n) is 4.35. The van der Waals surface area contributed by atoms with E-state index in [0.29, 0.717) is 12.8 Å². The number of ether oxygens (including phenoxy) is 3. The maximum absolute atomic E-state index is 12.5. The number of fused-ring (bicyclic) bond motifs is 3. The summed E-state index contributed by atoms with van der Waals surface area (Å²) >= 11 is 3.32. The van der Waals surface area contributed by atoms with Crippen LogP contribution in [-0.4, -0.2) is 35.2 Å². The van der Waals surface area contributed by atoms with Gasteiger partial charge in [-0.15, -0.1) is 13.2 Å². The van der Waals surface area contributed by atoms with E-state index in [9.17, 15) is 18.0 Å². The van der Waals surface area contributed by atoms with Gasteiger partial charge in [0.25, 0.3) is 0 Å². The molecule has 0 amide bonds. The van der Waals surface area contributed by atoms with E-state index in [-0.39, 0.29) is 24.7 Å². The van der Waals surface area contributed by atoms with E-state index in [1.807, 2.05) is 13.8 Å². The van der Waals surface area contributed by atoms with Crippen molar-refractivity contribution in [3.05, 3.63) is 0 Å². The number of carbonyl (C=O) groups is 1. The van der Waals surface area contributed by atoms with Crippen molar-refractivity contribution in [1.29, 1.82) is 0 Å². The van der Waals surface area contributed by atoms with Crippen molar-refractivity contribution in [1.82, 2.24) is 0 Å². The highest BCUT2D eigenvalue weighted by atomic mass is 79.9. The van der Waals surface area contributed by atoms with E-state index in [0.717, 1.165) is 0 Å². The van der Waals surface area contributed by atoms with Crippen LogP contribution in [-0.2, 0) is 19.0 Å². The third-order valence-electron chi connectivity index (χ3n) is 5.38. The second kappa shape index (κ2) is 5.08. The van der Waals surface area contributed by atoms with Gasteiger partial charge in [-0.3, -0.25) is 9.53 Å². The number of hydrogen-bond acceptors (Lipinski definition) is 4. The number of alkyl halides is 4. The summed E-state index contributed by atoms with van der Waals surface area (Å²) in [7, 11) is 0. The highest BCUT2D eigenvalue weighted by Crippen LogP contribution is 2.63.